The highest BCUT2D eigenvalue weighted by atomic mass is 16.5. The maximum absolute atomic E-state index is 12.1. The molecule has 0 spiro atoms. The van der Waals surface area contributed by atoms with Gasteiger partial charge in [0.15, 0.2) is 0 Å². The summed E-state index contributed by atoms with van der Waals surface area (Å²) in [6.07, 6.45) is 5.55. The molecule has 1 aliphatic heterocycles. The van der Waals surface area contributed by atoms with Gasteiger partial charge in [-0.2, -0.15) is 0 Å². The Labute approximate surface area is 102 Å². The van der Waals surface area contributed by atoms with Crippen molar-refractivity contribution in [2.75, 3.05) is 7.11 Å². The number of nitrogens with one attached hydrogen (secondary N) is 1. The van der Waals surface area contributed by atoms with Crippen LogP contribution in [-0.4, -0.2) is 25.0 Å². The zero-order chi connectivity index (χ0) is 12.5. The van der Waals surface area contributed by atoms with Crippen molar-refractivity contribution in [1.29, 1.82) is 0 Å². The molecule has 96 valence electrons. The normalized spacial score (nSPS) is 32.0. The van der Waals surface area contributed by atoms with Crippen LogP contribution >= 0.6 is 0 Å². The van der Waals surface area contributed by atoms with Crippen LogP contribution in [0, 0.1) is 11.3 Å². The summed E-state index contributed by atoms with van der Waals surface area (Å²) >= 11 is 0. The van der Waals surface area contributed by atoms with E-state index in [0.717, 1.165) is 38.5 Å². The topological polar surface area (TPSA) is 55.4 Å². The number of hydrogen-bond acceptors (Lipinski definition) is 3. The first-order valence-corrected chi connectivity index (χ1v) is 6.49. The van der Waals surface area contributed by atoms with Gasteiger partial charge in [-0.25, -0.2) is 0 Å². The molecule has 0 aromatic rings. The highest BCUT2D eigenvalue weighted by molar-refractivity contribution is 5.89. The molecular formula is C13H21NO3. The standard InChI is InChI=1S/C13H21NO3/c1-9-8-10(11(15)14-9)13(12(16)17-2)6-4-3-5-7-13/h9-10H,3-8H2,1-2H3,(H,14,15). The van der Waals surface area contributed by atoms with Crippen molar-refractivity contribution in [2.45, 2.75) is 51.5 Å². The predicted molar refractivity (Wildman–Crippen MR) is 63.2 cm³/mol. The van der Waals surface area contributed by atoms with Gasteiger partial charge in [-0.3, -0.25) is 9.59 Å². The van der Waals surface area contributed by atoms with Crippen LogP contribution in [0.1, 0.15) is 45.4 Å². The molecule has 2 unspecified atom stereocenters. The predicted octanol–water partition coefficient (Wildman–Crippen LogP) is 1.63. The van der Waals surface area contributed by atoms with Gasteiger partial charge in [0.1, 0.15) is 0 Å². The largest absolute Gasteiger partial charge is 0.469 e. The van der Waals surface area contributed by atoms with E-state index in [2.05, 4.69) is 5.32 Å². The summed E-state index contributed by atoms with van der Waals surface area (Å²) in [5.41, 5.74) is -0.554. The van der Waals surface area contributed by atoms with Crippen molar-refractivity contribution in [2.24, 2.45) is 11.3 Å². The van der Waals surface area contributed by atoms with Crippen LogP contribution in [-0.2, 0) is 14.3 Å². The number of methoxy groups -OCH3 is 1. The highest BCUT2D eigenvalue weighted by Gasteiger charge is 2.52. The SMILES string of the molecule is COC(=O)C1(C2CC(C)NC2=O)CCCCC1. The van der Waals surface area contributed by atoms with Gasteiger partial charge in [-0.1, -0.05) is 19.3 Å². The van der Waals surface area contributed by atoms with Crippen LogP contribution in [0.2, 0.25) is 0 Å². The summed E-state index contributed by atoms with van der Waals surface area (Å²) in [6, 6.07) is 0.177. The van der Waals surface area contributed by atoms with Crippen molar-refractivity contribution >= 4 is 11.9 Å². The Balaban J connectivity index is 2.26. The Morgan fingerprint density at radius 3 is 2.47 bits per heavy atom. The van der Waals surface area contributed by atoms with Gasteiger partial charge in [0.05, 0.1) is 18.4 Å². The van der Waals surface area contributed by atoms with Gasteiger partial charge in [-0.05, 0) is 26.2 Å². The van der Waals surface area contributed by atoms with E-state index >= 15 is 0 Å². The van der Waals surface area contributed by atoms with E-state index < -0.39 is 5.41 Å². The number of carbonyl (C=O) groups is 2. The second-order valence-electron chi connectivity index (χ2n) is 5.41. The number of amides is 1. The molecule has 4 heteroatoms. The lowest BCUT2D eigenvalue weighted by Gasteiger charge is -2.38. The molecule has 2 fully saturated rings. The monoisotopic (exact) mass is 239 g/mol. The molecule has 0 aromatic carbocycles. The molecule has 2 atom stereocenters. The van der Waals surface area contributed by atoms with Gasteiger partial charge in [0.2, 0.25) is 5.91 Å². The van der Waals surface area contributed by atoms with E-state index in [4.69, 9.17) is 4.74 Å². The average molecular weight is 239 g/mol. The fourth-order valence-electron chi connectivity index (χ4n) is 3.42. The smallest absolute Gasteiger partial charge is 0.312 e. The summed E-state index contributed by atoms with van der Waals surface area (Å²) in [5, 5.41) is 2.92. The lowest BCUT2D eigenvalue weighted by molar-refractivity contribution is -0.161. The minimum absolute atomic E-state index is 0.0322. The molecule has 1 saturated carbocycles. The second-order valence-corrected chi connectivity index (χ2v) is 5.41. The number of rotatable bonds is 2. The number of carbonyl (C=O) groups excluding carboxylic acids is 2. The summed E-state index contributed by atoms with van der Waals surface area (Å²) in [6.45, 7) is 1.99. The van der Waals surface area contributed by atoms with Gasteiger partial charge in [-0.15, -0.1) is 0 Å². The van der Waals surface area contributed by atoms with Crippen LogP contribution in [0.4, 0.5) is 0 Å². The Hall–Kier alpha value is -1.06. The van der Waals surface area contributed by atoms with Crippen molar-refractivity contribution in [3.63, 3.8) is 0 Å². The Bertz CT molecular complexity index is 321. The average Bonchev–Trinajstić information content (AvgIpc) is 2.68. The molecule has 0 bridgehead atoms. The Morgan fingerprint density at radius 2 is 2.00 bits per heavy atom. The van der Waals surface area contributed by atoms with Gasteiger partial charge in [0.25, 0.3) is 0 Å². The third-order valence-electron chi connectivity index (χ3n) is 4.30. The molecule has 1 N–H and O–H groups in total. The number of esters is 1. The summed E-state index contributed by atoms with van der Waals surface area (Å²) in [7, 11) is 1.43. The first-order valence-electron chi connectivity index (χ1n) is 6.49. The molecule has 2 aliphatic rings. The van der Waals surface area contributed by atoms with E-state index in [9.17, 15) is 9.59 Å². The first-order chi connectivity index (χ1) is 8.10. The lowest BCUT2D eigenvalue weighted by atomic mass is 9.65. The number of ether oxygens (including phenoxy) is 1. The van der Waals surface area contributed by atoms with Gasteiger partial charge in [0, 0.05) is 6.04 Å². The van der Waals surface area contributed by atoms with Crippen molar-refractivity contribution in [3.05, 3.63) is 0 Å². The molecule has 4 nitrogen and oxygen atoms in total. The van der Waals surface area contributed by atoms with Crippen LogP contribution in [0.15, 0.2) is 0 Å². The third kappa shape index (κ3) is 2.05. The molecule has 1 amide bonds. The molecule has 2 rings (SSSR count). The molecule has 0 radical (unpaired) electrons. The lowest BCUT2D eigenvalue weighted by Crippen LogP contribution is -2.44. The van der Waals surface area contributed by atoms with E-state index in [0.29, 0.717) is 0 Å². The van der Waals surface area contributed by atoms with E-state index in [-0.39, 0.29) is 23.8 Å². The quantitative estimate of drug-likeness (QED) is 0.745. The molecule has 0 aromatic heterocycles. The summed E-state index contributed by atoms with van der Waals surface area (Å²) in [4.78, 5) is 24.1. The van der Waals surface area contributed by atoms with Crippen LogP contribution < -0.4 is 5.32 Å². The minimum Gasteiger partial charge on any atom is -0.469 e. The number of hydrogen-bond donors (Lipinski definition) is 1. The molecule has 1 heterocycles. The minimum atomic E-state index is -0.554. The zero-order valence-electron chi connectivity index (χ0n) is 10.6. The Morgan fingerprint density at radius 1 is 1.35 bits per heavy atom. The van der Waals surface area contributed by atoms with Crippen molar-refractivity contribution in [1.82, 2.24) is 5.32 Å². The third-order valence-corrected chi connectivity index (χ3v) is 4.30. The van der Waals surface area contributed by atoms with Gasteiger partial charge < -0.3 is 10.1 Å². The molecule has 1 aliphatic carbocycles. The molecular weight excluding hydrogens is 218 g/mol. The Kier molecular flexibility index (Phi) is 3.40. The fraction of sp³-hybridized carbons (Fsp3) is 0.846. The van der Waals surface area contributed by atoms with Crippen molar-refractivity contribution < 1.29 is 14.3 Å². The van der Waals surface area contributed by atoms with Crippen LogP contribution in [0.25, 0.3) is 0 Å². The maximum Gasteiger partial charge on any atom is 0.312 e. The molecule has 1 saturated heterocycles. The molecule has 17 heavy (non-hydrogen) atoms. The summed E-state index contributed by atoms with van der Waals surface area (Å²) < 4.78 is 4.97. The van der Waals surface area contributed by atoms with E-state index in [1.54, 1.807) is 0 Å². The van der Waals surface area contributed by atoms with E-state index in [1.807, 2.05) is 6.92 Å². The summed E-state index contributed by atoms with van der Waals surface area (Å²) in [5.74, 6) is -0.346. The van der Waals surface area contributed by atoms with Crippen LogP contribution in [0.5, 0.6) is 0 Å². The fourth-order valence-corrected chi connectivity index (χ4v) is 3.42. The van der Waals surface area contributed by atoms with Gasteiger partial charge >= 0.3 is 5.97 Å². The first kappa shape index (κ1) is 12.4. The van der Waals surface area contributed by atoms with E-state index in [1.165, 1.54) is 7.11 Å². The zero-order valence-corrected chi connectivity index (χ0v) is 10.6. The maximum atomic E-state index is 12.1. The van der Waals surface area contributed by atoms with Crippen LogP contribution in [0.3, 0.4) is 0 Å². The second kappa shape index (κ2) is 4.67. The van der Waals surface area contributed by atoms with Crippen molar-refractivity contribution in [3.8, 4) is 0 Å². The highest BCUT2D eigenvalue weighted by Crippen LogP contribution is 2.47.